The zero-order chi connectivity index (χ0) is 14.3. The number of ether oxygens (including phenoxy) is 1. The Bertz CT molecular complexity index is 707. The topological polar surface area (TPSA) is 99.2 Å². The third-order valence-corrected chi connectivity index (χ3v) is 3.45. The molecule has 20 heavy (non-hydrogen) atoms. The smallest absolute Gasteiger partial charge is 0.249 e. The SMILES string of the molecule is COc1cccc2c1nc(N)n2C1CCC(=O)NC1=O. The van der Waals surface area contributed by atoms with Gasteiger partial charge in [-0.05, 0) is 18.6 Å². The maximum absolute atomic E-state index is 12.0. The second-order valence-electron chi connectivity index (χ2n) is 4.63. The highest BCUT2D eigenvalue weighted by molar-refractivity contribution is 6.00. The molecule has 1 aliphatic heterocycles. The van der Waals surface area contributed by atoms with Gasteiger partial charge in [0, 0.05) is 6.42 Å². The maximum atomic E-state index is 12.0. The first-order valence-corrected chi connectivity index (χ1v) is 6.26. The third kappa shape index (κ3) is 1.78. The van der Waals surface area contributed by atoms with Crippen LogP contribution in [0, 0.1) is 0 Å². The summed E-state index contributed by atoms with van der Waals surface area (Å²) in [6.45, 7) is 0. The molecule has 1 aliphatic rings. The van der Waals surface area contributed by atoms with Gasteiger partial charge in [-0.15, -0.1) is 0 Å². The lowest BCUT2D eigenvalue weighted by Crippen LogP contribution is -2.41. The van der Waals surface area contributed by atoms with Crippen molar-refractivity contribution in [2.45, 2.75) is 18.9 Å². The number of imidazole rings is 1. The van der Waals surface area contributed by atoms with E-state index in [4.69, 9.17) is 10.5 Å². The van der Waals surface area contributed by atoms with Gasteiger partial charge in [-0.2, -0.15) is 0 Å². The van der Waals surface area contributed by atoms with Crippen molar-refractivity contribution in [1.29, 1.82) is 0 Å². The van der Waals surface area contributed by atoms with Crippen molar-refractivity contribution < 1.29 is 14.3 Å². The minimum atomic E-state index is -0.523. The van der Waals surface area contributed by atoms with E-state index in [1.165, 1.54) is 0 Å². The van der Waals surface area contributed by atoms with Crippen molar-refractivity contribution in [2.75, 3.05) is 12.8 Å². The molecule has 0 bridgehead atoms. The summed E-state index contributed by atoms with van der Waals surface area (Å²) in [5.41, 5.74) is 7.26. The number of anilines is 1. The molecule has 0 saturated carbocycles. The van der Waals surface area contributed by atoms with Crippen LogP contribution in [0.1, 0.15) is 18.9 Å². The van der Waals surface area contributed by atoms with E-state index >= 15 is 0 Å². The first kappa shape index (κ1) is 12.5. The van der Waals surface area contributed by atoms with E-state index in [9.17, 15) is 9.59 Å². The maximum Gasteiger partial charge on any atom is 0.249 e. The lowest BCUT2D eigenvalue weighted by Gasteiger charge is -2.23. The standard InChI is InChI=1S/C13H14N4O3/c1-20-9-4-2-3-7-11(9)16-13(14)17(7)8-5-6-10(18)15-12(8)19/h2-4,8H,5-6H2,1H3,(H2,14,16)(H,15,18,19). The van der Waals surface area contributed by atoms with Gasteiger partial charge < -0.3 is 10.5 Å². The Morgan fingerprint density at radius 1 is 1.45 bits per heavy atom. The van der Waals surface area contributed by atoms with Crippen LogP contribution in [0.25, 0.3) is 11.0 Å². The number of hydrogen-bond acceptors (Lipinski definition) is 5. The van der Waals surface area contributed by atoms with E-state index in [0.717, 1.165) is 5.52 Å². The van der Waals surface area contributed by atoms with E-state index in [0.29, 0.717) is 24.1 Å². The van der Waals surface area contributed by atoms with Crippen LogP contribution in [0.2, 0.25) is 0 Å². The highest BCUT2D eigenvalue weighted by atomic mass is 16.5. The average Bonchev–Trinajstić information content (AvgIpc) is 2.75. The van der Waals surface area contributed by atoms with Crippen molar-refractivity contribution >= 4 is 28.8 Å². The van der Waals surface area contributed by atoms with E-state index in [2.05, 4.69) is 10.3 Å². The molecule has 0 spiro atoms. The molecule has 1 saturated heterocycles. The molecule has 1 unspecified atom stereocenters. The van der Waals surface area contributed by atoms with E-state index in [1.54, 1.807) is 17.7 Å². The lowest BCUT2D eigenvalue weighted by molar-refractivity contribution is -0.135. The summed E-state index contributed by atoms with van der Waals surface area (Å²) in [5, 5.41) is 2.32. The Hall–Kier alpha value is -2.57. The Balaban J connectivity index is 2.14. The number of methoxy groups -OCH3 is 1. The van der Waals surface area contributed by atoms with Gasteiger partial charge >= 0.3 is 0 Å². The van der Waals surface area contributed by atoms with Crippen LogP contribution in [-0.4, -0.2) is 28.5 Å². The van der Waals surface area contributed by atoms with E-state index in [1.807, 2.05) is 12.1 Å². The minimum Gasteiger partial charge on any atom is -0.494 e. The number of hydrogen-bond donors (Lipinski definition) is 2. The molecule has 2 heterocycles. The van der Waals surface area contributed by atoms with Crippen LogP contribution in [0.15, 0.2) is 18.2 Å². The quantitative estimate of drug-likeness (QED) is 0.781. The third-order valence-electron chi connectivity index (χ3n) is 3.45. The summed E-state index contributed by atoms with van der Waals surface area (Å²) in [7, 11) is 1.55. The number of nitrogens with zero attached hydrogens (tertiary/aromatic N) is 2. The Morgan fingerprint density at radius 3 is 2.95 bits per heavy atom. The molecule has 7 heteroatoms. The zero-order valence-electron chi connectivity index (χ0n) is 10.9. The minimum absolute atomic E-state index is 0.235. The van der Waals surface area contributed by atoms with Crippen LogP contribution in [0.5, 0.6) is 5.75 Å². The fraction of sp³-hybridized carbons (Fsp3) is 0.308. The van der Waals surface area contributed by atoms with Gasteiger partial charge in [-0.3, -0.25) is 19.5 Å². The number of piperidine rings is 1. The van der Waals surface area contributed by atoms with Gasteiger partial charge in [0.2, 0.25) is 17.8 Å². The van der Waals surface area contributed by atoms with Crippen molar-refractivity contribution in [3.05, 3.63) is 18.2 Å². The predicted octanol–water partition coefficient (Wildman–Crippen LogP) is 0.605. The fourth-order valence-corrected chi connectivity index (χ4v) is 2.53. The summed E-state index contributed by atoms with van der Waals surface area (Å²) >= 11 is 0. The number of nitrogen functional groups attached to an aromatic ring is 1. The number of aromatic nitrogens is 2. The normalized spacial score (nSPS) is 19.1. The molecule has 2 amide bonds. The number of benzene rings is 1. The highest BCUT2D eigenvalue weighted by Gasteiger charge is 2.30. The number of imide groups is 1. The molecule has 2 aromatic rings. The lowest BCUT2D eigenvalue weighted by atomic mass is 10.1. The van der Waals surface area contributed by atoms with E-state index in [-0.39, 0.29) is 17.8 Å². The summed E-state index contributed by atoms with van der Waals surface area (Å²) in [5.74, 6) is 0.223. The molecular formula is C13H14N4O3. The van der Waals surface area contributed by atoms with E-state index < -0.39 is 6.04 Å². The number of rotatable bonds is 2. The molecule has 0 radical (unpaired) electrons. The van der Waals surface area contributed by atoms with Gasteiger partial charge in [0.05, 0.1) is 12.6 Å². The van der Waals surface area contributed by atoms with Gasteiger partial charge in [0.15, 0.2) is 0 Å². The summed E-state index contributed by atoms with van der Waals surface area (Å²) < 4.78 is 6.89. The Kier molecular flexibility index (Phi) is 2.81. The van der Waals surface area contributed by atoms with Gasteiger partial charge in [0.25, 0.3) is 0 Å². The van der Waals surface area contributed by atoms with Gasteiger partial charge in [-0.1, -0.05) is 6.07 Å². The molecule has 3 N–H and O–H groups in total. The molecule has 104 valence electrons. The molecule has 1 aromatic heterocycles. The second-order valence-corrected chi connectivity index (χ2v) is 4.63. The van der Waals surface area contributed by atoms with Gasteiger partial charge in [-0.25, -0.2) is 4.98 Å². The number of carbonyl (C=O) groups is 2. The summed E-state index contributed by atoms with van der Waals surface area (Å²) in [6, 6.07) is 4.89. The zero-order valence-corrected chi connectivity index (χ0v) is 10.9. The first-order chi connectivity index (χ1) is 9.61. The molecule has 1 atom stereocenters. The van der Waals surface area contributed by atoms with Crippen molar-refractivity contribution in [3.8, 4) is 5.75 Å². The molecule has 1 fully saturated rings. The number of fused-ring (bicyclic) bond motifs is 1. The Morgan fingerprint density at radius 2 is 2.25 bits per heavy atom. The fourth-order valence-electron chi connectivity index (χ4n) is 2.53. The van der Waals surface area contributed by atoms with Crippen molar-refractivity contribution in [1.82, 2.24) is 14.9 Å². The molecule has 7 nitrogen and oxygen atoms in total. The summed E-state index contributed by atoms with van der Waals surface area (Å²) in [6.07, 6.45) is 0.705. The predicted molar refractivity (Wildman–Crippen MR) is 72.1 cm³/mol. The Labute approximate surface area is 114 Å². The van der Waals surface area contributed by atoms with Gasteiger partial charge in [0.1, 0.15) is 17.3 Å². The molecule has 3 rings (SSSR count). The van der Waals surface area contributed by atoms with Crippen LogP contribution in [0.3, 0.4) is 0 Å². The second kappa shape index (κ2) is 4.52. The number of amides is 2. The summed E-state index contributed by atoms with van der Waals surface area (Å²) in [4.78, 5) is 27.5. The highest BCUT2D eigenvalue weighted by Crippen LogP contribution is 2.31. The van der Waals surface area contributed by atoms with Crippen LogP contribution < -0.4 is 15.8 Å². The monoisotopic (exact) mass is 274 g/mol. The number of carbonyl (C=O) groups excluding carboxylic acids is 2. The number of nitrogens with one attached hydrogen (secondary N) is 1. The first-order valence-electron chi connectivity index (χ1n) is 6.26. The van der Waals surface area contributed by atoms with Crippen molar-refractivity contribution in [2.24, 2.45) is 0 Å². The van der Waals surface area contributed by atoms with Crippen LogP contribution in [-0.2, 0) is 9.59 Å². The van der Waals surface area contributed by atoms with Crippen LogP contribution in [0.4, 0.5) is 5.95 Å². The largest absolute Gasteiger partial charge is 0.494 e. The number of para-hydroxylation sites is 1. The molecule has 1 aromatic carbocycles. The molecular weight excluding hydrogens is 260 g/mol. The van der Waals surface area contributed by atoms with Crippen molar-refractivity contribution in [3.63, 3.8) is 0 Å². The number of nitrogens with two attached hydrogens (primary N) is 1. The van der Waals surface area contributed by atoms with Crippen LogP contribution >= 0.6 is 0 Å². The molecule has 0 aliphatic carbocycles. The average molecular weight is 274 g/mol.